The average molecular weight is 259 g/mol. The predicted molar refractivity (Wildman–Crippen MR) is 68.0 cm³/mol. The first-order valence-corrected chi connectivity index (χ1v) is 6.11. The second-order valence-electron chi connectivity index (χ2n) is 3.82. The molecule has 96 valence electrons. The maximum atomic E-state index is 10.7. The Morgan fingerprint density at radius 2 is 2.18 bits per heavy atom. The average Bonchev–Trinajstić information content (AvgIpc) is 2.55. The zero-order chi connectivity index (χ0) is 12.8. The third-order valence-corrected chi connectivity index (χ3v) is 2.91. The minimum absolute atomic E-state index is 0.0146. The van der Waals surface area contributed by atoms with E-state index in [0.717, 1.165) is 23.0 Å². The van der Waals surface area contributed by atoms with E-state index in [4.69, 9.17) is 11.6 Å². The van der Waals surface area contributed by atoms with Gasteiger partial charge in [-0.1, -0.05) is 11.6 Å². The molecule has 0 fully saturated rings. The van der Waals surface area contributed by atoms with Gasteiger partial charge >= 0.3 is 0 Å². The van der Waals surface area contributed by atoms with Crippen LogP contribution in [0, 0.1) is 6.92 Å². The quantitative estimate of drug-likeness (QED) is 0.751. The van der Waals surface area contributed by atoms with Gasteiger partial charge < -0.3 is 10.6 Å². The van der Waals surface area contributed by atoms with Gasteiger partial charge in [0.2, 0.25) is 5.91 Å². The highest BCUT2D eigenvalue weighted by Crippen LogP contribution is 2.19. The SMILES string of the molecule is CCn1nc(C)c(Cl)c1CNCCNC(C)=O. The zero-order valence-electron chi connectivity index (χ0n) is 10.5. The maximum Gasteiger partial charge on any atom is 0.216 e. The fourth-order valence-electron chi connectivity index (χ4n) is 1.57. The molecule has 1 heterocycles. The van der Waals surface area contributed by atoms with Gasteiger partial charge in [-0.2, -0.15) is 5.10 Å². The van der Waals surface area contributed by atoms with E-state index >= 15 is 0 Å². The van der Waals surface area contributed by atoms with Crippen LogP contribution in [0.3, 0.4) is 0 Å². The number of nitrogens with one attached hydrogen (secondary N) is 2. The Bertz CT molecular complexity index is 389. The van der Waals surface area contributed by atoms with E-state index in [1.807, 2.05) is 18.5 Å². The van der Waals surface area contributed by atoms with Gasteiger partial charge in [0.15, 0.2) is 0 Å². The van der Waals surface area contributed by atoms with Crippen LogP contribution in [0.4, 0.5) is 0 Å². The van der Waals surface area contributed by atoms with Crippen LogP contribution in [0.15, 0.2) is 0 Å². The Hall–Kier alpha value is -1.07. The maximum absolute atomic E-state index is 10.7. The molecule has 0 spiro atoms. The minimum Gasteiger partial charge on any atom is -0.355 e. The largest absolute Gasteiger partial charge is 0.355 e. The smallest absolute Gasteiger partial charge is 0.216 e. The van der Waals surface area contributed by atoms with Gasteiger partial charge in [0.05, 0.1) is 16.4 Å². The fourth-order valence-corrected chi connectivity index (χ4v) is 1.77. The Balaban J connectivity index is 2.43. The van der Waals surface area contributed by atoms with Crippen molar-refractivity contribution in [1.29, 1.82) is 0 Å². The molecule has 2 N–H and O–H groups in total. The van der Waals surface area contributed by atoms with E-state index in [-0.39, 0.29) is 5.91 Å². The van der Waals surface area contributed by atoms with E-state index in [1.54, 1.807) is 0 Å². The molecule has 1 rings (SSSR count). The first-order chi connectivity index (χ1) is 8.06. The first-order valence-electron chi connectivity index (χ1n) is 5.73. The monoisotopic (exact) mass is 258 g/mol. The van der Waals surface area contributed by atoms with Gasteiger partial charge in [0.25, 0.3) is 0 Å². The molecule has 0 aliphatic rings. The van der Waals surface area contributed by atoms with Crippen LogP contribution < -0.4 is 10.6 Å². The summed E-state index contributed by atoms with van der Waals surface area (Å²) in [6.07, 6.45) is 0. The van der Waals surface area contributed by atoms with E-state index in [1.165, 1.54) is 6.92 Å². The van der Waals surface area contributed by atoms with Crippen LogP contribution in [0.25, 0.3) is 0 Å². The van der Waals surface area contributed by atoms with E-state index in [9.17, 15) is 4.79 Å². The van der Waals surface area contributed by atoms with Gasteiger partial charge in [0.1, 0.15) is 0 Å². The molecule has 1 aromatic rings. The molecule has 0 bridgehead atoms. The van der Waals surface area contributed by atoms with Crippen molar-refractivity contribution in [3.05, 3.63) is 16.4 Å². The number of halogens is 1. The van der Waals surface area contributed by atoms with Gasteiger partial charge in [-0.15, -0.1) is 0 Å². The second-order valence-corrected chi connectivity index (χ2v) is 4.20. The molecule has 0 atom stereocenters. The third-order valence-electron chi connectivity index (χ3n) is 2.42. The summed E-state index contributed by atoms with van der Waals surface area (Å²) in [7, 11) is 0. The van der Waals surface area contributed by atoms with E-state index in [2.05, 4.69) is 15.7 Å². The lowest BCUT2D eigenvalue weighted by atomic mass is 10.3. The minimum atomic E-state index is -0.0146. The van der Waals surface area contributed by atoms with E-state index < -0.39 is 0 Å². The van der Waals surface area contributed by atoms with Crippen LogP contribution in [0.2, 0.25) is 5.02 Å². The summed E-state index contributed by atoms with van der Waals surface area (Å²) in [6, 6.07) is 0. The molecule has 17 heavy (non-hydrogen) atoms. The first kappa shape index (κ1) is 14.0. The number of aryl methyl sites for hydroxylation is 2. The fraction of sp³-hybridized carbons (Fsp3) is 0.636. The van der Waals surface area contributed by atoms with Gasteiger partial charge in [-0.25, -0.2) is 0 Å². The summed E-state index contributed by atoms with van der Waals surface area (Å²) >= 11 is 6.16. The van der Waals surface area contributed by atoms with Crippen molar-refractivity contribution in [2.45, 2.75) is 33.9 Å². The molecular formula is C11H19ClN4O. The van der Waals surface area contributed by atoms with Crippen LogP contribution in [0.1, 0.15) is 25.2 Å². The highest BCUT2D eigenvalue weighted by Gasteiger charge is 2.11. The zero-order valence-corrected chi connectivity index (χ0v) is 11.3. The number of hydrogen-bond acceptors (Lipinski definition) is 3. The van der Waals surface area contributed by atoms with Crippen molar-refractivity contribution in [1.82, 2.24) is 20.4 Å². The Labute approximate surface area is 107 Å². The highest BCUT2D eigenvalue weighted by molar-refractivity contribution is 6.31. The summed E-state index contributed by atoms with van der Waals surface area (Å²) in [6.45, 7) is 8.23. The standard InChI is InChI=1S/C11H19ClN4O/c1-4-16-10(11(12)8(2)15-16)7-13-5-6-14-9(3)17/h13H,4-7H2,1-3H3,(H,14,17). The molecule has 1 aromatic heterocycles. The molecule has 0 aromatic carbocycles. The summed E-state index contributed by atoms with van der Waals surface area (Å²) in [5, 5.41) is 11.0. The molecule has 0 unspecified atom stereocenters. The summed E-state index contributed by atoms with van der Waals surface area (Å²) in [5.74, 6) is -0.0146. The lowest BCUT2D eigenvalue weighted by molar-refractivity contribution is -0.118. The van der Waals surface area contributed by atoms with Crippen LogP contribution in [-0.2, 0) is 17.9 Å². The Morgan fingerprint density at radius 3 is 2.76 bits per heavy atom. The van der Waals surface area contributed by atoms with Crippen molar-refractivity contribution >= 4 is 17.5 Å². The molecular weight excluding hydrogens is 240 g/mol. The molecule has 1 amide bonds. The van der Waals surface area contributed by atoms with Crippen LogP contribution >= 0.6 is 11.6 Å². The predicted octanol–water partition coefficient (Wildman–Crippen LogP) is 1.09. The van der Waals surface area contributed by atoms with Gasteiger partial charge in [-0.05, 0) is 13.8 Å². The van der Waals surface area contributed by atoms with Crippen LogP contribution in [-0.4, -0.2) is 28.8 Å². The van der Waals surface area contributed by atoms with Crippen molar-refractivity contribution < 1.29 is 4.79 Å². The summed E-state index contributed by atoms with van der Waals surface area (Å²) in [4.78, 5) is 10.7. The second kappa shape index (κ2) is 6.61. The van der Waals surface area contributed by atoms with Crippen molar-refractivity contribution in [3.8, 4) is 0 Å². The molecule has 0 saturated carbocycles. The van der Waals surface area contributed by atoms with Gasteiger partial charge in [0, 0.05) is 33.1 Å². The molecule has 0 saturated heterocycles. The highest BCUT2D eigenvalue weighted by atomic mass is 35.5. The number of carbonyl (C=O) groups excluding carboxylic acids is 1. The molecule has 0 aliphatic heterocycles. The number of carbonyl (C=O) groups is 1. The Kier molecular flexibility index (Phi) is 5.44. The van der Waals surface area contributed by atoms with E-state index in [0.29, 0.717) is 19.6 Å². The number of rotatable bonds is 6. The normalized spacial score (nSPS) is 10.6. The number of aromatic nitrogens is 2. The van der Waals surface area contributed by atoms with Gasteiger partial charge in [-0.3, -0.25) is 9.48 Å². The Morgan fingerprint density at radius 1 is 1.47 bits per heavy atom. The van der Waals surface area contributed by atoms with Crippen molar-refractivity contribution in [2.24, 2.45) is 0 Å². The third kappa shape index (κ3) is 4.02. The summed E-state index contributed by atoms with van der Waals surface area (Å²) in [5.41, 5.74) is 1.85. The molecule has 6 heteroatoms. The lowest BCUT2D eigenvalue weighted by Gasteiger charge is -2.07. The lowest BCUT2D eigenvalue weighted by Crippen LogP contribution is -2.30. The summed E-state index contributed by atoms with van der Waals surface area (Å²) < 4.78 is 1.89. The number of amides is 1. The number of hydrogen-bond donors (Lipinski definition) is 2. The van der Waals surface area contributed by atoms with Crippen molar-refractivity contribution in [3.63, 3.8) is 0 Å². The molecule has 0 aliphatic carbocycles. The molecule has 0 radical (unpaired) electrons. The topological polar surface area (TPSA) is 59.0 Å². The molecule has 5 nitrogen and oxygen atoms in total. The van der Waals surface area contributed by atoms with Crippen LogP contribution in [0.5, 0.6) is 0 Å². The number of nitrogens with zero attached hydrogens (tertiary/aromatic N) is 2. The van der Waals surface area contributed by atoms with Crippen molar-refractivity contribution in [2.75, 3.05) is 13.1 Å².